The van der Waals surface area contributed by atoms with Gasteiger partial charge in [-0.05, 0) is 25.2 Å². The molecule has 1 spiro atoms. The van der Waals surface area contributed by atoms with Gasteiger partial charge in [-0.1, -0.05) is 57.9 Å². The lowest BCUT2D eigenvalue weighted by Gasteiger charge is -2.40. The summed E-state index contributed by atoms with van der Waals surface area (Å²) in [6, 6.07) is -1.22. The fourth-order valence-electron chi connectivity index (χ4n) is 5.96. The Bertz CT molecular complexity index is 860. The average Bonchev–Trinajstić information content (AvgIpc) is 3.24. The summed E-state index contributed by atoms with van der Waals surface area (Å²) in [6.07, 6.45) is 12.4. The van der Waals surface area contributed by atoms with Crippen LogP contribution in [0.2, 0.25) is 0 Å². The Morgan fingerprint density at radius 3 is 2.74 bits per heavy atom. The van der Waals surface area contributed by atoms with Crippen molar-refractivity contribution in [3.63, 3.8) is 0 Å². The van der Waals surface area contributed by atoms with Crippen molar-refractivity contribution in [1.29, 1.82) is 0 Å². The maximum atomic E-state index is 14.2. The monoisotopic (exact) mass is 490 g/mol. The van der Waals surface area contributed by atoms with E-state index in [0.29, 0.717) is 19.7 Å². The zero-order valence-corrected chi connectivity index (χ0v) is 21.3. The van der Waals surface area contributed by atoms with E-state index >= 15 is 0 Å². The van der Waals surface area contributed by atoms with Gasteiger partial charge in [0.05, 0.1) is 35.8 Å². The lowest BCUT2D eigenvalue weighted by Crippen LogP contribution is -2.57. The maximum absolute atomic E-state index is 14.2. The zero-order valence-electron chi connectivity index (χ0n) is 20.5. The third-order valence-corrected chi connectivity index (χ3v) is 9.74. The Hall–Kier alpha value is -1.80. The number of carbonyl (C=O) groups is 3. The quantitative estimate of drug-likeness (QED) is 0.436. The van der Waals surface area contributed by atoms with E-state index < -0.39 is 28.7 Å². The number of rotatable bonds is 7. The highest BCUT2D eigenvalue weighted by Crippen LogP contribution is 2.61. The van der Waals surface area contributed by atoms with E-state index in [0.717, 1.165) is 32.1 Å². The Labute approximate surface area is 206 Å². The molecule has 0 aromatic carbocycles. The number of aliphatic hydroxyl groups excluding tert-OH is 1. The first kappa shape index (κ1) is 25.3. The summed E-state index contributed by atoms with van der Waals surface area (Å²) >= 11 is 1.56. The fourth-order valence-corrected chi connectivity index (χ4v) is 7.95. The number of hydrogen-bond donors (Lipinski definition) is 1. The van der Waals surface area contributed by atoms with Crippen molar-refractivity contribution in [1.82, 2.24) is 9.80 Å². The average molecular weight is 491 g/mol. The van der Waals surface area contributed by atoms with Crippen LogP contribution in [0.4, 0.5) is 0 Å². The van der Waals surface area contributed by atoms with Gasteiger partial charge in [0, 0.05) is 18.3 Å². The van der Waals surface area contributed by atoms with Gasteiger partial charge in [0.1, 0.15) is 6.04 Å². The smallest absolute Gasteiger partial charge is 0.311 e. The second kappa shape index (κ2) is 10.4. The van der Waals surface area contributed by atoms with Crippen molar-refractivity contribution in [2.24, 2.45) is 17.8 Å². The minimum absolute atomic E-state index is 0.0159. The summed E-state index contributed by atoms with van der Waals surface area (Å²) in [5.41, 5.74) is 0. The highest BCUT2D eigenvalue weighted by atomic mass is 32.2. The molecule has 1 unspecified atom stereocenters. The van der Waals surface area contributed by atoms with Crippen LogP contribution in [0.15, 0.2) is 24.3 Å². The summed E-state index contributed by atoms with van der Waals surface area (Å²) in [6.45, 7) is 7.38. The van der Waals surface area contributed by atoms with Gasteiger partial charge in [-0.15, -0.1) is 11.8 Å². The molecule has 34 heavy (non-hydrogen) atoms. The maximum Gasteiger partial charge on any atom is 0.311 e. The van der Waals surface area contributed by atoms with Gasteiger partial charge >= 0.3 is 5.97 Å². The van der Waals surface area contributed by atoms with E-state index in [2.05, 4.69) is 13.0 Å². The third kappa shape index (κ3) is 4.11. The number of carbonyl (C=O) groups excluding carboxylic acids is 3. The van der Waals surface area contributed by atoms with Crippen LogP contribution in [0.3, 0.4) is 0 Å². The van der Waals surface area contributed by atoms with Gasteiger partial charge in [0.25, 0.3) is 0 Å². The van der Waals surface area contributed by atoms with Crippen LogP contribution in [0.25, 0.3) is 0 Å². The second-order valence-corrected chi connectivity index (χ2v) is 11.5. The van der Waals surface area contributed by atoms with E-state index in [-0.39, 0.29) is 35.6 Å². The molecule has 0 saturated carbocycles. The zero-order chi connectivity index (χ0) is 24.5. The van der Waals surface area contributed by atoms with Crippen molar-refractivity contribution in [3.05, 3.63) is 24.3 Å². The first-order chi connectivity index (χ1) is 16.4. The molecule has 0 radical (unpaired) electrons. The number of ether oxygens (including phenoxy) is 1. The summed E-state index contributed by atoms with van der Waals surface area (Å²) in [4.78, 5) is 45.1. The number of hydrogen-bond acceptors (Lipinski definition) is 6. The normalized spacial score (nSPS) is 35.9. The van der Waals surface area contributed by atoms with Crippen LogP contribution in [0, 0.1) is 17.8 Å². The van der Waals surface area contributed by atoms with Gasteiger partial charge in [-0.25, -0.2) is 0 Å². The van der Waals surface area contributed by atoms with Crippen LogP contribution in [0.1, 0.15) is 52.9 Å². The largest absolute Gasteiger partial charge is 0.465 e. The topological polar surface area (TPSA) is 87.2 Å². The minimum Gasteiger partial charge on any atom is -0.465 e. The number of thioether (sulfide) groups is 1. The lowest BCUT2D eigenvalue weighted by atomic mass is 9.78. The molecule has 0 aromatic heterocycles. The number of likely N-dealkylation sites (tertiary alicyclic amines) is 1. The second-order valence-electron chi connectivity index (χ2n) is 10.0. The summed E-state index contributed by atoms with van der Waals surface area (Å²) in [5.74, 6) is -1.95. The summed E-state index contributed by atoms with van der Waals surface area (Å²) in [7, 11) is 0. The molecule has 0 bridgehead atoms. The number of amides is 2. The number of nitrogens with zero attached hydrogens (tertiary/aromatic N) is 2. The van der Waals surface area contributed by atoms with Crippen LogP contribution < -0.4 is 0 Å². The van der Waals surface area contributed by atoms with Crippen LogP contribution >= 0.6 is 11.8 Å². The van der Waals surface area contributed by atoms with Gasteiger partial charge in [0.15, 0.2) is 0 Å². The molecule has 0 aliphatic carbocycles. The first-order valence-electron chi connectivity index (χ1n) is 12.8. The Morgan fingerprint density at radius 2 is 2.03 bits per heavy atom. The molecule has 2 fully saturated rings. The molecule has 2 amide bonds. The molecule has 4 rings (SSSR count). The van der Waals surface area contributed by atoms with Crippen molar-refractivity contribution in [3.8, 4) is 0 Å². The number of cyclic esters (lactones) is 1. The molecule has 1 N–H and O–H groups in total. The molecule has 2 saturated heterocycles. The summed E-state index contributed by atoms with van der Waals surface area (Å²) in [5, 5.41) is 10.2. The van der Waals surface area contributed by atoms with Crippen molar-refractivity contribution < 1.29 is 24.2 Å². The molecule has 4 heterocycles. The molecule has 4 aliphatic rings. The van der Waals surface area contributed by atoms with Crippen molar-refractivity contribution >= 4 is 29.5 Å². The minimum atomic E-state index is -0.853. The van der Waals surface area contributed by atoms with Gasteiger partial charge in [-0.2, -0.15) is 0 Å². The van der Waals surface area contributed by atoms with Crippen LogP contribution in [-0.2, 0) is 19.1 Å². The van der Waals surface area contributed by atoms with E-state index in [4.69, 9.17) is 4.74 Å². The Balaban J connectivity index is 1.84. The van der Waals surface area contributed by atoms with Gasteiger partial charge in [0.2, 0.25) is 11.8 Å². The van der Waals surface area contributed by atoms with Crippen LogP contribution in [0.5, 0.6) is 0 Å². The molecule has 4 aliphatic heterocycles. The van der Waals surface area contributed by atoms with Crippen molar-refractivity contribution in [2.75, 3.05) is 26.3 Å². The van der Waals surface area contributed by atoms with Crippen molar-refractivity contribution in [2.45, 2.75) is 75.0 Å². The number of aliphatic hydroxyl groups is 1. The standard InChI is InChI=1S/C26H38N2O5S/c1-4-6-13-27-14-10-12-26-21(20-19(34-26)11-8-7-9-15-33-25(20)32)23(30)28(22(26)24(27)31)18(16-29)17(3)5-2/h8,10-12,17-22,29H,4-7,9,13-16H2,1-3H3/b11-8-/t17-,18-,19-,20+,21-,22?,26-/m0/s1. The number of unbranched alkanes of at least 4 members (excludes halogenated alkanes) is 1. The number of fused-ring (bicyclic) bond motifs is 2. The SMILES string of the molecule is CCCCN1CC=C[C@]23S[C@H]4/C=C\CCCOC(=O)[C@H]4[C@H]2C(=O)N([C@@H](CO)[C@@H](C)CC)C3C1=O. The molecule has 0 aromatic rings. The van der Waals surface area contributed by atoms with Crippen LogP contribution in [-0.4, -0.2) is 81.1 Å². The Kier molecular flexibility index (Phi) is 7.77. The Morgan fingerprint density at radius 1 is 1.24 bits per heavy atom. The number of esters is 1. The predicted molar refractivity (Wildman–Crippen MR) is 132 cm³/mol. The molecular formula is C26H38N2O5S. The van der Waals surface area contributed by atoms with Gasteiger partial charge < -0.3 is 19.6 Å². The highest BCUT2D eigenvalue weighted by molar-refractivity contribution is 8.02. The third-order valence-electron chi connectivity index (χ3n) is 8.00. The van der Waals surface area contributed by atoms with E-state index in [1.165, 1.54) is 0 Å². The summed E-state index contributed by atoms with van der Waals surface area (Å²) < 4.78 is 4.75. The first-order valence-corrected chi connectivity index (χ1v) is 13.7. The molecule has 8 heteroatoms. The van der Waals surface area contributed by atoms with E-state index in [1.54, 1.807) is 16.7 Å². The van der Waals surface area contributed by atoms with Gasteiger partial charge in [-0.3, -0.25) is 14.4 Å². The fraction of sp³-hybridized carbons (Fsp3) is 0.731. The predicted octanol–water partition coefficient (Wildman–Crippen LogP) is 2.78. The lowest BCUT2D eigenvalue weighted by molar-refractivity contribution is -0.154. The molecular weight excluding hydrogens is 452 g/mol. The van der Waals surface area contributed by atoms with E-state index in [1.807, 2.05) is 37.0 Å². The molecule has 188 valence electrons. The molecule has 7 nitrogen and oxygen atoms in total. The number of allylic oxidation sites excluding steroid dienone is 1. The van der Waals surface area contributed by atoms with E-state index in [9.17, 15) is 19.5 Å². The highest BCUT2D eigenvalue weighted by Gasteiger charge is 2.71. The molecule has 7 atom stereocenters.